The largest absolute Gasteiger partial charge is 0.573 e. The predicted octanol–water partition coefficient (Wildman–Crippen LogP) is 2.57. The van der Waals surface area contributed by atoms with E-state index in [1.807, 2.05) is 0 Å². The van der Waals surface area contributed by atoms with Crippen LogP contribution in [0.15, 0.2) is 6.07 Å². The Bertz CT molecular complexity index is 349. The summed E-state index contributed by atoms with van der Waals surface area (Å²) in [5.74, 6) is -3.95. The fourth-order valence-corrected chi connectivity index (χ4v) is 0.741. The first kappa shape index (κ1) is 10.7. The monoisotopic (exact) mass is 213 g/mol. The molecule has 0 amide bonds. The number of rotatable bonds is 1. The lowest BCUT2D eigenvalue weighted by Gasteiger charge is -2.09. The normalized spacial score (nSPS) is 11.6. The average Bonchev–Trinajstić information content (AvgIpc) is 1.97. The topological polar surface area (TPSA) is 22.1 Å². The minimum atomic E-state index is -5.02. The summed E-state index contributed by atoms with van der Waals surface area (Å²) in [5, 5.41) is 0. The van der Waals surface area contributed by atoms with Crippen LogP contribution in [0.25, 0.3) is 0 Å². The van der Waals surface area contributed by atoms with Gasteiger partial charge in [-0.2, -0.15) is 13.8 Å². The van der Waals surface area contributed by atoms with Crippen LogP contribution in [0, 0.1) is 18.8 Å². The number of ether oxygens (including phenoxy) is 1. The van der Waals surface area contributed by atoms with Gasteiger partial charge in [0.05, 0.1) is 0 Å². The quantitative estimate of drug-likeness (QED) is 0.528. The molecule has 2 nitrogen and oxygen atoms in total. The van der Waals surface area contributed by atoms with Crippen LogP contribution < -0.4 is 4.74 Å². The number of alkyl halides is 3. The SMILES string of the molecule is Cc1cc(OC(F)(F)F)c(F)nc1F. The maximum absolute atomic E-state index is 12.6. The summed E-state index contributed by atoms with van der Waals surface area (Å²) in [6, 6.07) is 0.588. The van der Waals surface area contributed by atoms with Gasteiger partial charge in [0.25, 0.3) is 5.95 Å². The summed E-state index contributed by atoms with van der Waals surface area (Å²) in [5.41, 5.74) is -0.231. The fraction of sp³-hybridized carbons (Fsp3) is 0.286. The molecule has 0 saturated heterocycles. The Morgan fingerprint density at radius 1 is 1.21 bits per heavy atom. The van der Waals surface area contributed by atoms with E-state index in [1.165, 1.54) is 0 Å². The number of hydrogen-bond acceptors (Lipinski definition) is 2. The molecule has 7 heteroatoms. The summed E-state index contributed by atoms with van der Waals surface area (Å²) in [6.07, 6.45) is -5.02. The molecule has 14 heavy (non-hydrogen) atoms. The molecule has 0 aliphatic heterocycles. The van der Waals surface area contributed by atoms with Gasteiger partial charge in [0.2, 0.25) is 5.95 Å². The summed E-state index contributed by atoms with van der Waals surface area (Å²) in [4.78, 5) is 2.60. The summed E-state index contributed by atoms with van der Waals surface area (Å²) in [7, 11) is 0. The van der Waals surface area contributed by atoms with Gasteiger partial charge in [-0.05, 0) is 13.0 Å². The first-order valence-corrected chi connectivity index (χ1v) is 3.38. The van der Waals surface area contributed by atoms with E-state index < -0.39 is 24.0 Å². The predicted molar refractivity (Wildman–Crippen MR) is 35.6 cm³/mol. The zero-order valence-electron chi connectivity index (χ0n) is 6.82. The van der Waals surface area contributed by atoms with Crippen molar-refractivity contribution >= 4 is 0 Å². The van der Waals surface area contributed by atoms with E-state index >= 15 is 0 Å². The van der Waals surface area contributed by atoms with E-state index in [-0.39, 0.29) is 5.56 Å². The Balaban J connectivity index is 3.04. The molecule has 0 N–H and O–H groups in total. The standard InChI is InChI=1S/C7H4F5NO/c1-3-2-4(14-7(10,11)12)6(9)13-5(3)8/h2H,1H3. The van der Waals surface area contributed by atoms with Crippen LogP contribution >= 0.6 is 0 Å². The Labute approximate surface area is 75.3 Å². The van der Waals surface area contributed by atoms with Gasteiger partial charge >= 0.3 is 6.36 Å². The average molecular weight is 213 g/mol. The van der Waals surface area contributed by atoms with Gasteiger partial charge < -0.3 is 4.74 Å². The third-order valence-corrected chi connectivity index (χ3v) is 1.30. The Kier molecular flexibility index (Phi) is 2.59. The van der Waals surface area contributed by atoms with Gasteiger partial charge in [-0.1, -0.05) is 0 Å². The maximum atomic E-state index is 12.6. The second-order valence-corrected chi connectivity index (χ2v) is 2.43. The van der Waals surface area contributed by atoms with Crippen LogP contribution in [0.1, 0.15) is 5.56 Å². The molecule has 0 aliphatic carbocycles. The molecule has 0 atom stereocenters. The van der Waals surface area contributed by atoms with Gasteiger partial charge in [-0.25, -0.2) is 0 Å². The zero-order valence-corrected chi connectivity index (χ0v) is 6.82. The van der Waals surface area contributed by atoms with Crippen molar-refractivity contribution in [2.75, 3.05) is 0 Å². The Hall–Kier alpha value is -1.40. The molecule has 0 aromatic carbocycles. The highest BCUT2D eigenvalue weighted by Crippen LogP contribution is 2.25. The van der Waals surface area contributed by atoms with Crippen molar-refractivity contribution < 1.29 is 26.7 Å². The number of hydrogen-bond donors (Lipinski definition) is 0. The zero-order chi connectivity index (χ0) is 10.9. The molecule has 1 aromatic rings. The highest BCUT2D eigenvalue weighted by Gasteiger charge is 2.33. The molecule has 1 heterocycles. The third kappa shape index (κ3) is 2.54. The highest BCUT2D eigenvalue weighted by molar-refractivity contribution is 5.25. The second-order valence-electron chi connectivity index (χ2n) is 2.43. The minimum absolute atomic E-state index is 0.231. The van der Waals surface area contributed by atoms with E-state index in [1.54, 1.807) is 0 Å². The molecule has 0 bridgehead atoms. The van der Waals surface area contributed by atoms with Crippen molar-refractivity contribution in [3.63, 3.8) is 0 Å². The van der Waals surface area contributed by atoms with Gasteiger partial charge in [0.15, 0.2) is 5.75 Å². The third-order valence-electron chi connectivity index (χ3n) is 1.30. The first-order chi connectivity index (χ1) is 6.29. The minimum Gasteiger partial charge on any atom is -0.401 e. The molecule has 0 saturated carbocycles. The Morgan fingerprint density at radius 2 is 1.79 bits per heavy atom. The van der Waals surface area contributed by atoms with E-state index in [9.17, 15) is 22.0 Å². The number of halogens is 5. The summed E-state index contributed by atoms with van der Waals surface area (Å²) >= 11 is 0. The van der Waals surface area contributed by atoms with Crippen LogP contribution in [0.5, 0.6) is 5.75 Å². The highest BCUT2D eigenvalue weighted by atomic mass is 19.4. The van der Waals surface area contributed by atoms with E-state index in [2.05, 4.69) is 9.72 Å². The van der Waals surface area contributed by atoms with Crippen LogP contribution in [-0.2, 0) is 0 Å². The van der Waals surface area contributed by atoms with Gasteiger partial charge in [0.1, 0.15) is 0 Å². The van der Waals surface area contributed by atoms with Crippen molar-refractivity contribution in [2.45, 2.75) is 13.3 Å². The molecule has 0 aliphatic rings. The second kappa shape index (κ2) is 3.39. The lowest BCUT2D eigenvalue weighted by molar-refractivity contribution is -0.275. The molecule has 1 aromatic heterocycles. The van der Waals surface area contributed by atoms with Crippen molar-refractivity contribution in [2.24, 2.45) is 0 Å². The van der Waals surface area contributed by atoms with E-state index in [0.717, 1.165) is 6.92 Å². The molecule has 0 unspecified atom stereocenters. The van der Waals surface area contributed by atoms with E-state index in [4.69, 9.17) is 0 Å². The van der Waals surface area contributed by atoms with Crippen molar-refractivity contribution in [3.8, 4) is 5.75 Å². The molecule has 0 radical (unpaired) electrons. The van der Waals surface area contributed by atoms with Crippen LogP contribution in [0.3, 0.4) is 0 Å². The van der Waals surface area contributed by atoms with Crippen molar-refractivity contribution in [1.82, 2.24) is 4.98 Å². The lowest BCUT2D eigenvalue weighted by Crippen LogP contribution is -2.18. The molecular weight excluding hydrogens is 209 g/mol. The smallest absolute Gasteiger partial charge is 0.401 e. The van der Waals surface area contributed by atoms with Crippen LogP contribution in [0.2, 0.25) is 0 Å². The van der Waals surface area contributed by atoms with Gasteiger partial charge in [0, 0.05) is 5.56 Å². The number of nitrogens with zero attached hydrogens (tertiary/aromatic N) is 1. The lowest BCUT2D eigenvalue weighted by atomic mass is 10.3. The molecular formula is C7H4F5NO. The van der Waals surface area contributed by atoms with Crippen molar-refractivity contribution in [3.05, 3.63) is 23.5 Å². The molecule has 0 spiro atoms. The number of aromatic nitrogens is 1. The summed E-state index contributed by atoms with van der Waals surface area (Å²) in [6.45, 7) is 1.14. The van der Waals surface area contributed by atoms with Crippen LogP contribution in [0.4, 0.5) is 22.0 Å². The molecule has 0 fully saturated rings. The summed E-state index contributed by atoms with van der Waals surface area (Å²) < 4.78 is 63.3. The van der Waals surface area contributed by atoms with Crippen molar-refractivity contribution in [1.29, 1.82) is 0 Å². The number of aryl methyl sites for hydroxylation is 1. The number of pyridine rings is 1. The van der Waals surface area contributed by atoms with Crippen LogP contribution in [-0.4, -0.2) is 11.3 Å². The fourth-order valence-electron chi connectivity index (χ4n) is 0.741. The molecule has 78 valence electrons. The van der Waals surface area contributed by atoms with Gasteiger partial charge in [-0.15, -0.1) is 13.2 Å². The van der Waals surface area contributed by atoms with Gasteiger partial charge in [-0.3, -0.25) is 0 Å². The first-order valence-electron chi connectivity index (χ1n) is 3.38. The maximum Gasteiger partial charge on any atom is 0.573 e. The molecule has 1 rings (SSSR count). The Morgan fingerprint density at radius 3 is 2.29 bits per heavy atom. The van der Waals surface area contributed by atoms with E-state index in [0.29, 0.717) is 6.07 Å².